The van der Waals surface area contributed by atoms with Gasteiger partial charge in [-0.25, -0.2) is 4.99 Å². The van der Waals surface area contributed by atoms with E-state index in [0.29, 0.717) is 36.3 Å². The van der Waals surface area contributed by atoms with Gasteiger partial charge in [-0.15, -0.1) is 0 Å². The molecule has 0 saturated heterocycles. The van der Waals surface area contributed by atoms with E-state index in [0.717, 1.165) is 17.9 Å². The maximum Gasteiger partial charge on any atom is 0.193 e. The highest BCUT2D eigenvalue weighted by Crippen LogP contribution is 2.28. The molecule has 27 heavy (non-hydrogen) atoms. The third-order valence-corrected chi connectivity index (χ3v) is 3.81. The molecular formula is C20H28N4O3. The number of likely N-dealkylation sites (N-methyl/N-ethyl adjacent to an activating group) is 1. The molecule has 0 aliphatic carbocycles. The lowest BCUT2D eigenvalue weighted by Crippen LogP contribution is -2.23. The van der Waals surface area contributed by atoms with E-state index in [4.69, 9.17) is 19.9 Å². The summed E-state index contributed by atoms with van der Waals surface area (Å²) < 4.78 is 16.3. The van der Waals surface area contributed by atoms with E-state index in [9.17, 15) is 0 Å². The lowest BCUT2D eigenvalue weighted by atomic mass is 10.2. The average Bonchev–Trinajstić information content (AvgIpc) is 2.66. The number of nitrogens with one attached hydrogen (secondary N) is 1. The van der Waals surface area contributed by atoms with Crippen LogP contribution < -0.4 is 25.3 Å². The van der Waals surface area contributed by atoms with Crippen LogP contribution in [0.3, 0.4) is 0 Å². The van der Waals surface area contributed by atoms with E-state index >= 15 is 0 Å². The van der Waals surface area contributed by atoms with Crippen LogP contribution in [0.25, 0.3) is 0 Å². The monoisotopic (exact) mass is 372 g/mol. The van der Waals surface area contributed by atoms with Crippen LogP contribution in [0.2, 0.25) is 0 Å². The van der Waals surface area contributed by atoms with Gasteiger partial charge in [-0.1, -0.05) is 12.1 Å². The summed E-state index contributed by atoms with van der Waals surface area (Å²) in [7, 11) is 7.24. The SMILES string of the molecule is COc1ccc(OC)c(NC(N)=NCc2cccc(OCCN(C)C)c2)c1. The Kier molecular flexibility index (Phi) is 7.76. The second-order valence-corrected chi connectivity index (χ2v) is 6.19. The molecule has 0 bridgehead atoms. The summed E-state index contributed by atoms with van der Waals surface area (Å²) in [4.78, 5) is 6.47. The Hall–Kier alpha value is -2.93. The highest BCUT2D eigenvalue weighted by Gasteiger charge is 2.06. The molecule has 0 radical (unpaired) electrons. The van der Waals surface area contributed by atoms with Crippen LogP contribution in [0.15, 0.2) is 47.5 Å². The van der Waals surface area contributed by atoms with Crippen molar-refractivity contribution < 1.29 is 14.2 Å². The van der Waals surface area contributed by atoms with Crippen LogP contribution in [0.5, 0.6) is 17.2 Å². The van der Waals surface area contributed by atoms with Crippen LogP contribution in [0, 0.1) is 0 Å². The third-order valence-electron chi connectivity index (χ3n) is 3.81. The maximum absolute atomic E-state index is 6.03. The van der Waals surface area contributed by atoms with Gasteiger partial charge in [0.2, 0.25) is 0 Å². The summed E-state index contributed by atoms with van der Waals surface area (Å²) in [5.41, 5.74) is 7.73. The van der Waals surface area contributed by atoms with Gasteiger partial charge in [0.1, 0.15) is 23.9 Å². The van der Waals surface area contributed by atoms with Crippen molar-refractivity contribution in [2.75, 3.05) is 46.8 Å². The molecule has 0 aliphatic heterocycles. The van der Waals surface area contributed by atoms with Gasteiger partial charge in [0, 0.05) is 12.6 Å². The summed E-state index contributed by atoms with van der Waals surface area (Å²) in [6, 6.07) is 13.3. The molecule has 0 saturated carbocycles. The maximum atomic E-state index is 6.03. The number of rotatable bonds is 9. The largest absolute Gasteiger partial charge is 0.497 e. The number of aliphatic imine (C=N–C) groups is 1. The van der Waals surface area contributed by atoms with E-state index in [1.54, 1.807) is 20.3 Å². The smallest absolute Gasteiger partial charge is 0.193 e. The molecular weight excluding hydrogens is 344 g/mol. The fourth-order valence-electron chi connectivity index (χ4n) is 2.35. The minimum Gasteiger partial charge on any atom is -0.497 e. The number of methoxy groups -OCH3 is 2. The van der Waals surface area contributed by atoms with Crippen LogP contribution in [0.4, 0.5) is 5.69 Å². The first kappa shape index (κ1) is 20.4. The van der Waals surface area contributed by atoms with Crippen molar-refractivity contribution in [2.24, 2.45) is 10.7 Å². The molecule has 0 atom stereocenters. The van der Waals surface area contributed by atoms with E-state index in [2.05, 4.69) is 15.2 Å². The zero-order chi connectivity index (χ0) is 19.6. The van der Waals surface area contributed by atoms with Crippen LogP contribution in [-0.2, 0) is 6.54 Å². The average molecular weight is 372 g/mol. The van der Waals surface area contributed by atoms with Gasteiger partial charge in [0.15, 0.2) is 5.96 Å². The Bertz CT molecular complexity index is 763. The Balaban J connectivity index is 1.99. The minimum atomic E-state index is 0.292. The molecule has 0 aliphatic rings. The van der Waals surface area contributed by atoms with E-state index < -0.39 is 0 Å². The normalized spacial score (nSPS) is 11.4. The Morgan fingerprint density at radius 1 is 1.07 bits per heavy atom. The number of nitrogens with zero attached hydrogens (tertiary/aromatic N) is 2. The number of hydrogen-bond donors (Lipinski definition) is 2. The number of anilines is 1. The molecule has 2 aromatic rings. The van der Waals surface area contributed by atoms with Crippen LogP contribution in [0.1, 0.15) is 5.56 Å². The first-order chi connectivity index (χ1) is 13.0. The number of benzene rings is 2. The van der Waals surface area contributed by atoms with Gasteiger partial charge in [-0.3, -0.25) is 0 Å². The molecule has 146 valence electrons. The lowest BCUT2D eigenvalue weighted by Gasteiger charge is -2.12. The fourth-order valence-corrected chi connectivity index (χ4v) is 2.35. The molecule has 3 N–H and O–H groups in total. The summed E-state index contributed by atoms with van der Waals surface area (Å²) in [5, 5.41) is 3.05. The Morgan fingerprint density at radius 2 is 1.89 bits per heavy atom. The van der Waals surface area contributed by atoms with Crippen molar-refractivity contribution in [2.45, 2.75) is 6.54 Å². The van der Waals surface area contributed by atoms with Gasteiger partial charge in [0.25, 0.3) is 0 Å². The second kappa shape index (κ2) is 10.3. The summed E-state index contributed by atoms with van der Waals surface area (Å²) in [6.45, 7) is 1.94. The number of hydrogen-bond acceptors (Lipinski definition) is 5. The Labute approximate surface area is 160 Å². The minimum absolute atomic E-state index is 0.292. The molecule has 0 amide bonds. The Morgan fingerprint density at radius 3 is 2.59 bits per heavy atom. The van der Waals surface area contributed by atoms with E-state index in [1.165, 1.54) is 0 Å². The van der Waals surface area contributed by atoms with Crippen molar-refractivity contribution in [3.05, 3.63) is 48.0 Å². The zero-order valence-corrected chi connectivity index (χ0v) is 16.4. The summed E-state index contributed by atoms with van der Waals surface area (Å²) >= 11 is 0. The van der Waals surface area contributed by atoms with Gasteiger partial charge in [-0.2, -0.15) is 0 Å². The van der Waals surface area contributed by atoms with Crippen LogP contribution >= 0.6 is 0 Å². The quantitative estimate of drug-likeness (QED) is 0.520. The third kappa shape index (κ3) is 6.71. The molecule has 7 nitrogen and oxygen atoms in total. The highest BCUT2D eigenvalue weighted by molar-refractivity contribution is 5.94. The lowest BCUT2D eigenvalue weighted by molar-refractivity contribution is 0.261. The predicted octanol–water partition coefficient (Wildman–Crippen LogP) is 2.57. The molecule has 0 heterocycles. The van der Waals surface area contributed by atoms with Crippen molar-refractivity contribution in [3.8, 4) is 17.2 Å². The van der Waals surface area contributed by atoms with Crippen molar-refractivity contribution in [1.82, 2.24) is 4.90 Å². The first-order valence-corrected chi connectivity index (χ1v) is 8.67. The molecule has 0 fully saturated rings. The van der Waals surface area contributed by atoms with Gasteiger partial charge in [-0.05, 0) is 43.9 Å². The first-order valence-electron chi connectivity index (χ1n) is 8.67. The van der Waals surface area contributed by atoms with Crippen molar-refractivity contribution in [3.63, 3.8) is 0 Å². The standard InChI is InChI=1S/C20H28N4O3/c1-24(2)10-11-27-17-7-5-6-15(12-17)14-22-20(21)23-18-13-16(25-3)8-9-19(18)26-4/h5-9,12-13H,10-11,14H2,1-4H3,(H3,21,22,23). The molecule has 2 rings (SSSR count). The van der Waals surface area contributed by atoms with Crippen molar-refractivity contribution >= 4 is 11.6 Å². The van der Waals surface area contributed by atoms with Crippen LogP contribution in [-0.4, -0.2) is 52.3 Å². The van der Waals surface area contributed by atoms with Gasteiger partial charge in [0.05, 0.1) is 26.5 Å². The summed E-state index contributed by atoms with van der Waals surface area (Å²) in [5.74, 6) is 2.48. The van der Waals surface area contributed by atoms with Gasteiger partial charge < -0.3 is 30.2 Å². The van der Waals surface area contributed by atoms with Crippen molar-refractivity contribution in [1.29, 1.82) is 0 Å². The highest BCUT2D eigenvalue weighted by atomic mass is 16.5. The number of ether oxygens (including phenoxy) is 3. The number of guanidine groups is 1. The molecule has 2 aromatic carbocycles. The topological polar surface area (TPSA) is 81.3 Å². The molecule has 0 spiro atoms. The fraction of sp³-hybridized carbons (Fsp3) is 0.350. The second-order valence-electron chi connectivity index (χ2n) is 6.19. The van der Waals surface area contributed by atoms with Gasteiger partial charge >= 0.3 is 0 Å². The number of nitrogens with two attached hydrogens (primary N) is 1. The van der Waals surface area contributed by atoms with E-state index in [1.807, 2.05) is 50.5 Å². The molecule has 0 aromatic heterocycles. The zero-order valence-electron chi connectivity index (χ0n) is 16.4. The molecule has 0 unspecified atom stereocenters. The summed E-state index contributed by atoms with van der Waals surface area (Å²) in [6.07, 6.45) is 0. The molecule has 7 heteroatoms. The van der Waals surface area contributed by atoms with E-state index in [-0.39, 0.29) is 0 Å². The predicted molar refractivity (Wildman–Crippen MR) is 109 cm³/mol.